The van der Waals surface area contributed by atoms with E-state index in [0.29, 0.717) is 32.6 Å². The van der Waals surface area contributed by atoms with Crippen LogP contribution in [-0.2, 0) is 14.8 Å². The van der Waals surface area contributed by atoms with Gasteiger partial charge in [0, 0.05) is 44.6 Å². The van der Waals surface area contributed by atoms with E-state index in [1.165, 1.54) is 22.7 Å². The summed E-state index contributed by atoms with van der Waals surface area (Å²) in [4.78, 5) is 14.5. The Morgan fingerprint density at radius 1 is 1.15 bits per heavy atom. The fraction of sp³-hybridized carbons (Fsp3) is 0.588. The molecule has 26 heavy (non-hydrogen) atoms. The molecule has 144 valence electrons. The molecule has 1 amide bonds. The van der Waals surface area contributed by atoms with Gasteiger partial charge in [-0.05, 0) is 24.6 Å². The van der Waals surface area contributed by atoms with Crippen LogP contribution in [0, 0.1) is 11.7 Å². The molecular weight excluding hydrogens is 359 g/mol. The fourth-order valence-electron chi connectivity index (χ4n) is 3.62. The Labute approximate surface area is 153 Å². The number of nitrogens with one attached hydrogen (secondary N) is 2. The van der Waals surface area contributed by atoms with Gasteiger partial charge in [-0.15, -0.1) is 0 Å². The number of rotatable bonds is 4. The first-order valence-electron chi connectivity index (χ1n) is 8.75. The average Bonchev–Trinajstić information content (AvgIpc) is 2.96. The van der Waals surface area contributed by atoms with E-state index < -0.39 is 10.0 Å². The molecule has 3 atom stereocenters. The lowest BCUT2D eigenvalue weighted by atomic mass is 9.87. The van der Waals surface area contributed by atoms with Crippen LogP contribution in [0.5, 0.6) is 0 Å². The predicted molar refractivity (Wildman–Crippen MR) is 96.0 cm³/mol. The zero-order valence-corrected chi connectivity index (χ0v) is 15.8. The second-order valence-electron chi connectivity index (χ2n) is 7.02. The fourth-order valence-corrected chi connectivity index (χ4v) is 4.45. The number of hydrazine groups is 1. The third kappa shape index (κ3) is 4.22. The highest BCUT2D eigenvalue weighted by Crippen LogP contribution is 2.32. The molecule has 0 radical (unpaired) electrons. The standard InChI is InChI=1S/C17H25FN4O3S/c1-12-15(17(20-19-12)13-3-5-14(18)6-4-13)11-16(23)21-7-9-22(10-8-21)26(2,24)25/h3-6,12,15,17,19-20H,7-11H2,1-2H3. The highest BCUT2D eigenvalue weighted by Gasteiger charge is 2.37. The minimum atomic E-state index is -3.21. The third-order valence-electron chi connectivity index (χ3n) is 5.24. The minimum absolute atomic E-state index is 0.0209. The zero-order chi connectivity index (χ0) is 18.9. The SMILES string of the molecule is CC1NNC(c2ccc(F)cc2)C1CC(=O)N1CCN(S(C)(=O)=O)CC1. The van der Waals surface area contributed by atoms with Crippen molar-refractivity contribution in [2.24, 2.45) is 5.92 Å². The van der Waals surface area contributed by atoms with Gasteiger partial charge in [-0.1, -0.05) is 12.1 Å². The van der Waals surface area contributed by atoms with Gasteiger partial charge in [-0.2, -0.15) is 4.31 Å². The molecule has 7 nitrogen and oxygen atoms in total. The molecule has 2 fully saturated rings. The van der Waals surface area contributed by atoms with E-state index in [4.69, 9.17) is 0 Å². The molecule has 2 saturated heterocycles. The van der Waals surface area contributed by atoms with Gasteiger partial charge in [-0.3, -0.25) is 10.2 Å². The Balaban J connectivity index is 1.63. The molecule has 1 aromatic rings. The largest absolute Gasteiger partial charge is 0.340 e. The lowest BCUT2D eigenvalue weighted by molar-refractivity contribution is -0.133. The Morgan fingerprint density at radius 2 is 1.77 bits per heavy atom. The van der Waals surface area contributed by atoms with Gasteiger partial charge in [0.1, 0.15) is 5.82 Å². The van der Waals surface area contributed by atoms with E-state index in [2.05, 4.69) is 10.9 Å². The van der Waals surface area contributed by atoms with Gasteiger partial charge in [0.25, 0.3) is 0 Å². The van der Waals surface area contributed by atoms with E-state index >= 15 is 0 Å². The molecule has 0 aliphatic carbocycles. The Kier molecular flexibility index (Phi) is 5.61. The van der Waals surface area contributed by atoms with Crippen LogP contribution in [0.4, 0.5) is 4.39 Å². The van der Waals surface area contributed by atoms with Crippen molar-refractivity contribution < 1.29 is 17.6 Å². The number of hydrogen-bond acceptors (Lipinski definition) is 5. The molecule has 0 bridgehead atoms. The Morgan fingerprint density at radius 3 is 2.35 bits per heavy atom. The summed E-state index contributed by atoms with van der Waals surface area (Å²) in [6.07, 6.45) is 1.54. The van der Waals surface area contributed by atoms with Gasteiger partial charge in [0.05, 0.1) is 12.3 Å². The second kappa shape index (κ2) is 7.59. The molecule has 3 unspecified atom stereocenters. The quantitative estimate of drug-likeness (QED) is 0.789. The summed E-state index contributed by atoms with van der Waals surface area (Å²) in [7, 11) is -3.21. The maximum Gasteiger partial charge on any atom is 0.223 e. The molecular formula is C17H25FN4O3S. The van der Waals surface area contributed by atoms with Gasteiger partial charge in [0.15, 0.2) is 0 Å². The molecule has 2 N–H and O–H groups in total. The van der Waals surface area contributed by atoms with Crippen LogP contribution in [0.2, 0.25) is 0 Å². The summed E-state index contributed by atoms with van der Waals surface area (Å²) in [5, 5.41) is 0. The van der Waals surface area contributed by atoms with Crippen LogP contribution in [0.15, 0.2) is 24.3 Å². The number of halogens is 1. The van der Waals surface area contributed by atoms with Gasteiger partial charge in [-0.25, -0.2) is 18.2 Å². The van der Waals surface area contributed by atoms with Crippen LogP contribution >= 0.6 is 0 Å². The van der Waals surface area contributed by atoms with Gasteiger partial charge < -0.3 is 4.90 Å². The topological polar surface area (TPSA) is 81.8 Å². The Hall–Kier alpha value is -1.55. The van der Waals surface area contributed by atoms with Crippen molar-refractivity contribution in [3.05, 3.63) is 35.6 Å². The number of piperazine rings is 1. The van der Waals surface area contributed by atoms with Crippen LogP contribution in [0.1, 0.15) is 24.9 Å². The zero-order valence-electron chi connectivity index (χ0n) is 15.0. The number of nitrogens with zero attached hydrogens (tertiary/aromatic N) is 2. The van der Waals surface area contributed by atoms with E-state index in [1.807, 2.05) is 6.92 Å². The lowest BCUT2D eigenvalue weighted by Gasteiger charge is -2.34. The first-order valence-corrected chi connectivity index (χ1v) is 10.6. The number of carbonyl (C=O) groups excluding carboxylic acids is 1. The minimum Gasteiger partial charge on any atom is -0.340 e. The smallest absolute Gasteiger partial charge is 0.223 e. The molecule has 0 aromatic heterocycles. The van der Waals surface area contributed by atoms with Crippen molar-refractivity contribution in [3.8, 4) is 0 Å². The molecule has 2 aliphatic heterocycles. The summed E-state index contributed by atoms with van der Waals surface area (Å²) in [6, 6.07) is 6.31. The van der Waals surface area contributed by atoms with Crippen LogP contribution in [0.3, 0.4) is 0 Å². The Bertz CT molecular complexity index is 748. The van der Waals surface area contributed by atoms with Gasteiger partial charge >= 0.3 is 0 Å². The van der Waals surface area contributed by atoms with Crippen LogP contribution < -0.4 is 10.9 Å². The monoisotopic (exact) mass is 384 g/mol. The van der Waals surface area contributed by atoms with Crippen molar-refractivity contribution in [2.45, 2.75) is 25.4 Å². The molecule has 2 aliphatic rings. The first-order chi connectivity index (χ1) is 12.3. The maximum absolute atomic E-state index is 13.2. The summed E-state index contributed by atoms with van der Waals surface area (Å²) < 4.78 is 37.7. The highest BCUT2D eigenvalue weighted by atomic mass is 32.2. The molecule has 1 aromatic carbocycles. The summed E-state index contributed by atoms with van der Waals surface area (Å²) in [5.74, 6) is -0.238. The van der Waals surface area contributed by atoms with E-state index in [1.54, 1.807) is 17.0 Å². The first kappa shape index (κ1) is 19.2. The van der Waals surface area contributed by atoms with Crippen LogP contribution in [-0.4, -0.2) is 62.0 Å². The molecule has 9 heteroatoms. The number of hydrogen-bond donors (Lipinski definition) is 2. The van der Waals surface area contributed by atoms with Crippen molar-refractivity contribution in [2.75, 3.05) is 32.4 Å². The summed E-state index contributed by atoms with van der Waals surface area (Å²) >= 11 is 0. The number of sulfonamides is 1. The van der Waals surface area contributed by atoms with Crippen molar-refractivity contribution in [1.82, 2.24) is 20.1 Å². The predicted octanol–water partition coefficient (Wildman–Crippen LogP) is 0.473. The molecule has 2 heterocycles. The summed E-state index contributed by atoms with van der Waals surface area (Å²) in [6.45, 7) is 3.51. The average molecular weight is 384 g/mol. The van der Waals surface area contributed by atoms with Crippen molar-refractivity contribution >= 4 is 15.9 Å². The van der Waals surface area contributed by atoms with E-state index in [9.17, 15) is 17.6 Å². The summed E-state index contributed by atoms with van der Waals surface area (Å²) in [5.41, 5.74) is 7.30. The molecule has 0 spiro atoms. The normalized spacial score (nSPS) is 27.7. The lowest BCUT2D eigenvalue weighted by Crippen LogP contribution is -2.50. The second-order valence-corrected chi connectivity index (χ2v) is 9.00. The maximum atomic E-state index is 13.2. The van der Waals surface area contributed by atoms with Crippen molar-refractivity contribution in [3.63, 3.8) is 0 Å². The van der Waals surface area contributed by atoms with E-state index in [-0.39, 0.29) is 29.7 Å². The molecule has 0 saturated carbocycles. The molecule has 3 rings (SSSR count). The number of benzene rings is 1. The van der Waals surface area contributed by atoms with Gasteiger partial charge in [0.2, 0.25) is 15.9 Å². The van der Waals surface area contributed by atoms with E-state index in [0.717, 1.165) is 5.56 Å². The highest BCUT2D eigenvalue weighted by molar-refractivity contribution is 7.88. The van der Waals surface area contributed by atoms with Crippen LogP contribution in [0.25, 0.3) is 0 Å². The number of amides is 1. The van der Waals surface area contributed by atoms with Crippen molar-refractivity contribution in [1.29, 1.82) is 0 Å². The number of carbonyl (C=O) groups is 1. The third-order valence-corrected chi connectivity index (χ3v) is 6.54.